The van der Waals surface area contributed by atoms with Gasteiger partial charge >= 0.3 is 6.09 Å². The number of nitrogens with one attached hydrogen (secondary N) is 2. The molecule has 0 saturated carbocycles. The number of alkyl carbamates (subject to hydrolysis) is 1. The number of ether oxygens (including phenoxy) is 1. The van der Waals surface area contributed by atoms with Gasteiger partial charge in [-0.05, 0) is 45.2 Å². The first-order chi connectivity index (χ1) is 15.1. The van der Waals surface area contributed by atoms with E-state index < -0.39 is 29.9 Å². The Bertz CT molecular complexity index is 898. The minimum Gasteiger partial charge on any atom is -0.444 e. The Kier molecular flexibility index (Phi) is 7.53. The molecule has 3 rings (SSSR count). The summed E-state index contributed by atoms with van der Waals surface area (Å²) in [4.78, 5) is 27.4. The summed E-state index contributed by atoms with van der Waals surface area (Å²) in [6.07, 6.45) is -1.66. The summed E-state index contributed by atoms with van der Waals surface area (Å²) in [5.74, 6) is -0.196. The van der Waals surface area contributed by atoms with Crippen LogP contribution in [-0.4, -0.2) is 52.0 Å². The molecule has 0 spiro atoms. The molecule has 1 fully saturated rings. The molecule has 1 saturated heterocycles. The van der Waals surface area contributed by atoms with E-state index in [1.165, 1.54) is 0 Å². The SMILES string of the molecule is CC1N[C@@H]([C@@H](O)[C@H](Cc2ccccc2)NC(=O)OC(C)(C)C)C(=O)N1Cc1ccccc1. The van der Waals surface area contributed by atoms with Crippen molar-refractivity contribution in [1.82, 2.24) is 15.5 Å². The molecule has 2 amide bonds. The number of carbonyl (C=O) groups excluding carboxylic acids is 2. The maximum atomic E-state index is 13.2. The lowest BCUT2D eigenvalue weighted by molar-refractivity contribution is -0.132. The van der Waals surface area contributed by atoms with Crippen LogP contribution in [0.3, 0.4) is 0 Å². The van der Waals surface area contributed by atoms with E-state index in [-0.39, 0.29) is 12.1 Å². The highest BCUT2D eigenvalue weighted by Gasteiger charge is 2.43. The number of benzene rings is 2. The fourth-order valence-corrected chi connectivity index (χ4v) is 3.85. The van der Waals surface area contributed by atoms with E-state index in [4.69, 9.17) is 4.74 Å². The first-order valence-corrected chi connectivity index (χ1v) is 11.0. The Morgan fingerprint density at radius 3 is 2.22 bits per heavy atom. The third kappa shape index (κ3) is 6.31. The second-order valence-corrected chi connectivity index (χ2v) is 9.21. The zero-order valence-electron chi connectivity index (χ0n) is 19.1. The van der Waals surface area contributed by atoms with Gasteiger partial charge in [-0.15, -0.1) is 0 Å². The van der Waals surface area contributed by atoms with Crippen molar-refractivity contribution in [2.45, 2.75) is 70.6 Å². The average Bonchev–Trinajstić information content (AvgIpc) is 3.01. The molecule has 172 valence electrons. The lowest BCUT2D eigenvalue weighted by Gasteiger charge is -2.29. The minimum absolute atomic E-state index is 0.196. The number of aliphatic hydroxyl groups excluding tert-OH is 1. The molecule has 2 aromatic rings. The Balaban J connectivity index is 1.76. The van der Waals surface area contributed by atoms with Gasteiger partial charge in [-0.3, -0.25) is 10.1 Å². The van der Waals surface area contributed by atoms with Crippen LogP contribution in [0, 0.1) is 0 Å². The van der Waals surface area contributed by atoms with Crippen LogP contribution in [0.1, 0.15) is 38.8 Å². The van der Waals surface area contributed by atoms with Gasteiger partial charge in [0.15, 0.2) is 0 Å². The topological polar surface area (TPSA) is 90.9 Å². The Hall–Kier alpha value is -2.90. The van der Waals surface area contributed by atoms with Crippen LogP contribution in [-0.2, 0) is 22.5 Å². The molecule has 1 aliphatic heterocycles. The van der Waals surface area contributed by atoms with Crippen LogP contribution in [0.25, 0.3) is 0 Å². The summed E-state index contributed by atoms with van der Waals surface area (Å²) >= 11 is 0. The molecule has 2 aromatic carbocycles. The van der Waals surface area contributed by atoms with Gasteiger partial charge in [-0.2, -0.15) is 0 Å². The Morgan fingerprint density at radius 1 is 1.09 bits per heavy atom. The average molecular weight is 440 g/mol. The molecule has 3 N–H and O–H groups in total. The van der Waals surface area contributed by atoms with Gasteiger partial charge in [0.25, 0.3) is 0 Å². The number of amides is 2. The van der Waals surface area contributed by atoms with E-state index in [0.29, 0.717) is 13.0 Å². The third-order valence-corrected chi connectivity index (χ3v) is 5.39. The van der Waals surface area contributed by atoms with Gasteiger partial charge in [0.2, 0.25) is 5.91 Å². The summed E-state index contributed by atoms with van der Waals surface area (Å²) in [5.41, 5.74) is 1.28. The van der Waals surface area contributed by atoms with Crippen molar-refractivity contribution in [3.63, 3.8) is 0 Å². The summed E-state index contributed by atoms with van der Waals surface area (Å²) < 4.78 is 5.39. The molecule has 7 heteroatoms. The van der Waals surface area contributed by atoms with E-state index in [1.807, 2.05) is 67.6 Å². The number of aliphatic hydroxyl groups is 1. The summed E-state index contributed by atoms with van der Waals surface area (Å²) in [7, 11) is 0. The number of rotatable bonds is 7. The molecular weight excluding hydrogens is 406 g/mol. The van der Waals surface area contributed by atoms with Crippen LogP contribution in [0.5, 0.6) is 0 Å². The molecule has 0 aromatic heterocycles. The van der Waals surface area contributed by atoms with Crippen molar-refractivity contribution >= 4 is 12.0 Å². The van der Waals surface area contributed by atoms with E-state index in [1.54, 1.807) is 25.7 Å². The highest BCUT2D eigenvalue weighted by molar-refractivity contribution is 5.85. The summed E-state index contributed by atoms with van der Waals surface area (Å²) in [6, 6.07) is 17.7. The Labute approximate surface area is 189 Å². The predicted octanol–water partition coefficient (Wildman–Crippen LogP) is 2.83. The molecule has 7 nitrogen and oxygen atoms in total. The van der Waals surface area contributed by atoms with Crippen LogP contribution in [0.15, 0.2) is 60.7 Å². The lowest BCUT2D eigenvalue weighted by atomic mass is 9.96. The molecule has 1 heterocycles. The van der Waals surface area contributed by atoms with Crippen molar-refractivity contribution < 1.29 is 19.4 Å². The van der Waals surface area contributed by atoms with Crippen LogP contribution >= 0.6 is 0 Å². The Morgan fingerprint density at radius 2 is 1.66 bits per heavy atom. The molecule has 32 heavy (non-hydrogen) atoms. The fraction of sp³-hybridized carbons (Fsp3) is 0.440. The molecule has 0 radical (unpaired) electrons. The summed E-state index contributed by atoms with van der Waals surface area (Å²) in [6.45, 7) is 7.67. The van der Waals surface area contributed by atoms with Gasteiger partial charge in [0, 0.05) is 6.54 Å². The number of hydrogen-bond acceptors (Lipinski definition) is 5. The molecule has 0 bridgehead atoms. The van der Waals surface area contributed by atoms with Gasteiger partial charge in [-0.25, -0.2) is 4.79 Å². The van der Waals surface area contributed by atoms with Gasteiger partial charge < -0.3 is 20.1 Å². The molecule has 1 aliphatic rings. The maximum Gasteiger partial charge on any atom is 0.407 e. The van der Waals surface area contributed by atoms with E-state index in [0.717, 1.165) is 11.1 Å². The first-order valence-electron chi connectivity index (χ1n) is 11.0. The van der Waals surface area contributed by atoms with E-state index in [9.17, 15) is 14.7 Å². The highest BCUT2D eigenvalue weighted by atomic mass is 16.6. The molecule has 0 aliphatic carbocycles. The number of carbonyl (C=O) groups is 2. The molecular formula is C25H33N3O4. The third-order valence-electron chi connectivity index (χ3n) is 5.39. The van der Waals surface area contributed by atoms with Crippen molar-refractivity contribution in [3.05, 3.63) is 71.8 Å². The van der Waals surface area contributed by atoms with Crippen molar-refractivity contribution in [1.29, 1.82) is 0 Å². The summed E-state index contributed by atoms with van der Waals surface area (Å²) in [5, 5.41) is 17.2. The lowest BCUT2D eigenvalue weighted by Crippen LogP contribution is -2.55. The van der Waals surface area contributed by atoms with Crippen LogP contribution < -0.4 is 10.6 Å². The quantitative estimate of drug-likeness (QED) is 0.617. The standard InChI is InChI=1S/C25H33N3O4/c1-17-26-21(23(30)28(17)16-19-13-9-6-10-14-19)22(29)20(15-18-11-7-5-8-12-18)27-24(31)32-25(2,3)4/h5-14,17,20-22,26,29H,15-16H2,1-4H3,(H,27,31)/t17?,20-,21-,22-/m0/s1. The molecule has 4 atom stereocenters. The van der Waals surface area contributed by atoms with E-state index >= 15 is 0 Å². The predicted molar refractivity (Wildman–Crippen MR) is 123 cm³/mol. The first kappa shape index (κ1) is 23.8. The zero-order chi connectivity index (χ0) is 23.3. The van der Waals surface area contributed by atoms with Crippen molar-refractivity contribution in [2.24, 2.45) is 0 Å². The second-order valence-electron chi connectivity index (χ2n) is 9.21. The second kappa shape index (κ2) is 10.1. The van der Waals surface area contributed by atoms with E-state index in [2.05, 4.69) is 10.6 Å². The van der Waals surface area contributed by atoms with Gasteiger partial charge in [0.1, 0.15) is 11.6 Å². The highest BCUT2D eigenvalue weighted by Crippen LogP contribution is 2.20. The van der Waals surface area contributed by atoms with Crippen molar-refractivity contribution in [3.8, 4) is 0 Å². The van der Waals surface area contributed by atoms with Gasteiger partial charge in [0.05, 0.1) is 18.3 Å². The van der Waals surface area contributed by atoms with Gasteiger partial charge in [-0.1, -0.05) is 60.7 Å². The fourth-order valence-electron chi connectivity index (χ4n) is 3.85. The maximum absolute atomic E-state index is 13.2. The van der Waals surface area contributed by atoms with Crippen molar-refractivity contribution in [2.75, 3.05) is 0 Å². The smallest absolute Gasteiger partial charge is 0.407 e. The normalized spacial score (nSPS) is 20.7. The monoisotopic (exact) mass is 439 g/mol. The molecule has 1 unspecified atom stereocenters. The largest absolute Gasteiger partial charge is 0.444 e. The number of nitrogens with zero attached hydrogens (tertiary/aromatic N) is 1. The van der Waals surface area contributed by atoms with Crippen LogP contribution in [0.2, 0.25) is 0 Å². The zero-order valence-corrected chi connectivity index (χ0v) is 19.1. The van der Waals surface area contributed by atoms with Crippen LogP contribution in [0.4, 0.5) is 4.79 Å². The number of hydrogen-bond donors (Lipinski definition) is 3. The minimum atomic E-state index is -1.14.